The van der Waals surface area contributed by atoms with Crippen LogP contribution in [0, 0.1) is 0 Å². The molecule has 0 fully saturated rings. The Balaban J connectivity index is 1.67. The van der Waals surface area contributed by atoms with Gasteiger partial charge in [-0.2, -0.15) is 25.3 Å². The van der Waals surface area contributed by atoms with Crippen LogP contribution in [0.3, 0.4) is 0 Å². The summed E-state index contributed by atoms with van der Waals surface area (Å²) in [5.41, 5.74) is 13.9. The predicted molar refractivity (Wildman–Crippen MR) is 254 cm³/mol. The number of rotatable bonds is 27. The van der Waals surface area contributed by atoms with Crippen molar-refractivity contribution in [3.8, 4) is 5.75 Å². The van der Waals surface area contributed by atoms with Crippen LogP contribution in [-0.4, -0.2) is 128 Å². The fourth-order valence-electron chi connectivity index (χ4n) is 6.93. The molecule has 0 aliphatic heterocycles. The standard InChI is InChI=1S/C45H57N9O11S2/c46-17-7-6-12-32(40(59)50-34(19-26-13-15-28(55)16-14-26)42(61)54-37(24-67)45(64)65)49-43(62)35(20-27-22-48-31-11-5-4-10-29(27)31)52-41(60)33(18-25-8-2-1-3-9-25)51-44(63)36(23-66)53-39(58)30(47)21-38(56)57/h1-5,8-11,13-16,22,30,32-37,48,55,66-67H,6-7,12,17-21,23-24,46-47H2,(H,49,62)(H,50,59)(H,51,63)(H,52,60)(H,53,58)(H,54,61)(H,56,57)(H,64,65). The van der Waals surface area contributed by atoms with Crippen LogP contribution in [0.4, 0.5) is 0 Å². The number of phenolic OH excluding ortho intramolecular Hbond substituents is 1. The first-order valence-electron chi connectivity index (χ1n) is 21.3. The summed E-state index contributed by atoms with van der Waals surface area (Å²) >= 11 is 8.21. The van der Waals surface area contributed by atoms with Crippen molar-refractivity contribution >= 4 is 83.5 Å². The van der Waals surface area contributed by atoms with E-state index in [1.54, 1.807) is 42.6 Å². The van der Waals surface area contributed by atoms with Crippen LogP contribution < -0.4 is 43.4 Å². The lowest BCUT2D eigenvalue weighted by Crippen LogP contribution is -2.60. The number of nitrogens with one attached hydrogen (secondary N) is 7. The number of thiol groups is 2. The minimum atomic E-state index is -1.48. The zero-order valence-corrected chi connectivity index (χ0v) is 38.1. The Kier molecular flexibility index (Phi) is 21.0. The molecule has 0 spiro atoms. The summed E-state index contributed by atoms with van der Waals surface area (Å²) in [6, 6.07) is 12.0. The molecule has 3 aromatic carbocycles. The highest BCUT2D eigenvalue weighted by molar-refractivity contribution is 7.80. The third-order valence-electron chi connectivity index (χ3n) is 10.6. The van der Waals surface area contributed by atoms with Gasteiger partial charge in [0.2, 0.25) is 35.4 Å². The molecule has 7 unspecified atom stereocenters. The lowest BCUT2D eigenvalue weighted by atomic mass is 10.0. The third kappa shape index (κ3) is 16.6. The van der Waals surface area contributed by atoms with Gasteiger partial charge in [-0.05, 0) is 60.7 Å². The Morgan fingerprint density at radius 3 is 1.60 bits per heavy atom. The Hall–Kier alpha value is -6.62. The van der Waals surface area contributed by atoms with E-state index in [9.17, 15) is 48.6 Å². The third-order valence-corrected chi connectivity index (χ3v) is 11.3. The largest absolute Gasteiger partial charge is 0.508 e. The summed E-state index contributed by atoms with van der Waals surface area (Å²) in [5, 5.41) is 44.8. The minimum absolute atomic E-state index is 0.0319. The van der Waals surface area contributed by atoms with E-state index in [4.69, 9.17) is 16.6 Å². The van der Waals surface area contributed by atoms with Crippen molar-refractivity contribution in [2.45, 2.75) is 87.2 Å². The Bertz CT molecular complexity index is 2340. The van der Waals surface area contributed by atoms with Gasteiger partial charge in [-0.25, -0.2) is 4.79 Å². The number of aliphatic carboxylic acids is 2. The van der Waals surface area contributed by atoms with Crippen LogP contribution >= 0.6 is 25.3 Å². The van der Waals surface area contributed by atoms with Crippen LogP contribution in [0.5, 0.6) is 5.75 Å². The molecule has 22 heteroatoms. The lowest BCUT2D eigenvalue weighted by molar-refractivity contribution is -0.141. The number of fused-ring (bicyclic) bond motifs is 1. The summed E-state index contributed by atoms with van der Waals surface area (Å²) in [5.74, 6) is -8.35. The number of unbranched alkanes of at least 4 members (excludes halogenated alkanes) is 1. The first-order valence-corrected chi connectivity index (χ1v) is 22.6. The number of aromatic nitrogens is 1. The SMILES string of the molecule is NCCCCC(NC(=O)C(Cc1c[nH]c2ccccc12)NC(=O)C(Cc1ccccc1)NC(=O)C(CS)NC(=O)C(N)CC(=O)O)C(=O)NC(Cc1ccc(O)cc1)C(=O)NC(CS)C(=O)O. The van der Waals surface area contributed by atoms with E-state index in [-0.39, 0.29) is 49.5 Å². The zero-order valence-electron chi connectivity index (χ0n) is 36.4. The van der Waals surface area contributed by atoms with Gasteiger partial charge in [0, 0.05) is 47.9 Å². The van der Waals surface area contributed by atoms with Crippen LogP contribution in [0.15, 0.2) is 85.1 Å². The number of benzene rings is 3. The van der Waals surface area contributed by atoms with Crippen molar-refractivity contribution in [2.24, 2.45) is 11.5 Å². The maximum absolute atomic E-state index is 14.6. The highest BCUT2D eigenvalue weighted by Gasteiger charge is 2.34. The fraction of sp³-hybridized carbons (Fsp3) is 0.378. The maximum Gasteiger partial charge on any atom is 0.327 e. The van der Waals surface area contributed by atoms with E-state index in [0.29, 0.717) is 29.5 Å². The number of hydrogen-bond donors (Lipinski definition) is 14. The average molecular weight is 964 g/mol. The quantitative estimate of drug-likeness (QED) is 0.0270. The predicted octanol–water partition coefficient (Wildman–Crippen LogP) is -0.315. The van der Waals surface area contributed by atoms with Gasteiger partial charge in [-0.1, -0.05) is 60.7 Å². The molecule has 4 aromatic rings. The van der Waals surface area contributed by atoms with Gasteiger partial charge in [-0.3, -0.25) is 33.6 Å². The summed E-state index contributed by atoms with van der Waals surface area (Å²) in [4.78, 5) is 109. The van der Waals surface area contributed by atoms with Gasteiger partial charge in [-0.15, -0.1) is 0 Å². The van der Waals surface area contributed by atoms with Gasteiger partial charge in [0.05, 0.1) is 12.5 Å². The van der Waals surface area contributed by atoms with Crippen LogP contribution in [0.25, 0.3) is 10.9 Å². The van der Waals surface area contributed by atoms with Crippen molar-refractivity contribution in [2.75, 3.05) is 18.1 Å². The topological polar surface area (TPSA) is 337 Å². The maximum atomic E-state index is 14.6. The molecular weight excluding hydrogens is 907 g/mol. The fourth-order valence-corrected chi connectivity index (χ4v) is 7.43. The van der Waals surface area contributed by atoms with Gasteiger partial charge in [0.15, 0.2) is 0 Å². The number of carboxylic acids is 2. The van der Waals surface area contributed by atoms with Crippen LogP contribution in [0.1, 0.15) is 42.4 Å². The Morgan fingerprint density at radius 1 is 0.567 bits per heavy atom. The average Bonchev–Trinajstić information content (AvgIpc) is 3.71. The molecule has 0 saturated carbocycles. The molecule has 7 atom stereocenters. The number of nitrogens with two attached hydrogens (primary N) is 2. The van der Waals surface area contributed by atoms with E-state index in [2.05, 4.69) is 62.1 Å². The number of para-hydroxylation sites is 1. The van der Waals surface area contributed by atoms with Gasteiger partial charge < -0.3 is 63.7 Å². The number of aromatic hydroxyl groups is 1. The van der Waals surface area contributed by atoms with E-state index in [0.717, 1.165) is 10.9 Å². The van der Waals surface area contributed by atoms with Gasteiger partial charge in [0.25, 0.3) is 0 Å². The Morgan fingerprint density at radius 2 is 1.04 bits per heavy atom. The zero-order chi connectivity index (χ0) is 49.0. The lowest BCUT2D eigenvalue weighted by Gasteiger charge is -2.28. The monoisotopic (exact) mass is 963 g/mol. The van der Waals surface area contributed by atoms with Crippen molar-refractivity contribution in [3.63, 3.8) is 0 Å². The Labute approximate surface area is 397 Å². The second kappa shape index (κ2) is 26.5. The summed E-state index contributed by atoms with van der Waals surface area (Å²) in [7, 11) is 0. The highest BCUT2D eigenvalue weighted by Crippen LogP contribution is 2.20. The van der Waals surface area contributed by atoms with Gasteiger partial charge >= 0.3 is 11.9 Å². The molecule has 0 radical (unpaired) electrons. The van der Waals surface area contributed by atoms with E-state index < -0.39 is 96.1 Å². The molecule has 0 aliphatic rings. The second-order valence-corrected chi connectivity index (χ2v) is 16.4. The second-order valence-electron chi connectivity index (χ2n) is 15.7. The summed E-state index contributed by atoms with van der Waals surface area (Å²) < 4.78 is 0. The van der Waals surface area contributed by atoms with Crippen molar-refractivity contribution in [1.82, 2.24) is 36.9 Å². The van der Waals surface area contributed by atoms with Crippen molar-refractivity contribution in [3.05, 3.63) is 102 Å². The van der Waals surface area contributed by atoms with Crippen molar-refractivity contribution < 1.29 is 53.7 Å². The van der Waals surface area contributed by atoms with Crippen LogP contribution in [0.2, 0.25) is 0 Å². The molecule has 14 N–H and O–H groups in total. The molecule has 0 aliphatic carbocycles. The first kappa shape index (κ1) is 53.0. The molecule has 0 saturated heterocycles. The molecular formula is C45H57N9O11S2. The first-order chi connectivity index (χ1) is 32.0. The normalized spacial score (nSPS) is 14.2. The summed E-state index contributed by atoms with van der Waals surface area (Å²) in [6.45, 7) is 0.259. The molecule has 0 bridgehead atoms. The van der Waals surface area contributed by atoms with Crippen LogP contribution in [-0.2, 0) is 57.6 Å². The van der Waals surface area contributed by atoms with Gasteiger partial charge in [0.1, 0.15) is 42.0 Å². The molecule has 1 aromatic heterocycles. The number of H-pyrrole nitrogens is 1. The number of carboxylic acid groups (broad SMARTS) is 2. The number of hydrogen-bond acceptors (Lipinski definition) is 13. The van der Waals surface area contributed by atoms with Crippen molar-refractivity contribution in [1.29, 1.82) is 0 Å². The molecule has 4 rings (SSSR count). The number of carbonyl (C=O) groups is 8. The molecule has 1 heterocycles. The van der Waals surface area contributed by atoms with E-state index in [1.165, 1.54) is 24.3 Å². The number of phenols is 1. The summed E-state index contributed by atoms with van der Waals surface area (Å²) in [6.07, 6.45) is 1.45. The molecule has 360 valence electrons. The van der Waals surface area contributed by atoms with E-state index >= 15 is 0 Å². The number of aromatic amines is 1. The van der Waals surface area contributed by atoms with E-state index in [1.807, 2.05) is 18.2 Å². The molecule has 6 amide bonds. The molecule has 67 heavy (non-hydrogen) atoms. The smallest absolute Gasteiger partial charge is 0.327 e. The highest BCUT2D eigenvalue weighted by atomic mass is 32.1. The number of carbonyl (C=O) groups excluding carboxylic acids is 6. The number of amides is 6. The minimum Gasteiger partial charge on any atom is -0.508 e. The molecule has 20 nitrogen and oxygen atoms in total.